The predicted octanol–water partition coefficient (Wildman–Crippen LogP) is -0.892. The van der Waals surface area contributed by atoms with Crippen molar-refractivity contribution in [2.45, 2.75) is 31.5 Å². The van der Waals surface area contributed by atoms with Crippen molar-refractivity contribution in [3.05, 3.63) is 28.8 Å². The molecule has 1 saturated heterocycles. The Bertz CT molecular complexity index is 528. The zero-order chi connectivity index (χ0) is 13.4. The van der Waals surface area contributed by atoms with E-state index in [4.69, 9.17) is 10.5 Å². The van der Waals surface area contributed by atoms with Crippen LogP contribution in [0.2, 0.25) is 0 Å². The molecule has 0 bridgehead atoms. The highest BCUT2D eigenvalue weighted by Crippen LogP contribution is 2.28. The van der Waals surface area contributed by atoms with Crippen LogP contribution in [-0.2, 0) is 4.74 Å². The molecule has 2 rings (SSSR count). The van der Waals surface area contributed by atoms with E-state index in [1.165, 1.54) is 12.3 Å². The number of aromatic nitrogens is 2. The van der Waals surface area contributed by atoms with Crippen LogP contribution in [0.5, 0.6) is 0 Å². The fraction of sp³-hybridized carbons (Fsp3) is 0.455. The quantitative estimate of drug-likeness (QED) is 0.630. The van der Waals surface area contributed by atoms with Crippen LogP contribution in [0.15, 0.2) is 17.6 Å². The monoisotopic (exact) mass is 253 g/mol. The standard InChI is InChI=1S/C11H15N3O4/c1-3-6-4-14(11(17)13-9(6)12)10-8(16)7(15)5(2)18-10/h3-5,7-8,10,15-16H,1H2,2H3,(H2,12,13,17)/t5-,7-,8-,10-/m1/s1. The number of nitrogens with two attached hydrogens (primary N) is 1. The highest BCUT2D eigenvalue weighted by Gasteiger charge is 2.41. The molecule has 1 aromatic heterocycles. The van der Waals surface area contributed by atoms with Gasteiger partial charge in [0.25, 0.3) is 0 Å². The fourth-order valence-corrected chi connectivity index (χ4v) is 1.89. The van der Waals surface area contributed by atoms with E-state index < -0.39 is 30.2 Å². The Morgan fingerprint density at radius 2 is 2.22 bits per heavy atom. The van der Waals surface area contributed by atoms with E-state index in [0.717, 1.165) is 4.57 Å². The molecule has 7 nitrogen and oxygen atoms in total. The van der Waals surface area contributed by atoms with Gasteiger partial charge in [-0.25, -0.2) is 4.79 Å². The van der Waals surface area contributed by atoms with Gasteiger partial charge in [-0.15, -0.1) is 0 Å². The third kappa shape index (κ3) is 1.92. The lowest BCUT2D eigenvalue weighted by atomic mass is 10.1. The maximum atomic E-state index is 11.7. The molecule has 18 heavy (non-hydrogen) atoms. The Kier molecular flexibility index (Phi) is 3.20. The number of hydrogen-bond donors (Lipinski definition) is 3. The number of nitrogens with zero attached hydrogens (tertiary/aromatic N) is 2. The average molecular weight is 253 g/mol. The van der Waals surface area contributed by atoms with E-state index in [1.54, 1.807) is 6.92 Å². The van der Waals surface area contributed by atoms with Gasteiger partial charge in [0.2, 0.25) is 0 Å². The minimum atomic E-state index is -1.19. The van der Waals surface area contributed by atoms with Crippen LogP contribution in [0, 0.1) is 0 Å². The minimum Gasteiger partial charge on any atom is -0.388 e. The number of anilines is 1. The van der Waals surface area contributed by atoms with Crippen molar-refractivity contribution < 1.29 is 14.9 Å². The van der Waals surface area contributed by atoms with Gasteiger partial charge in [-0.1, -0.05) is 12.7 Å². The van der Waals surface area contributed by atoms with E-state index >= 15 is 0 Å². The summed E-state index contributed by atoms with van der Waals surface area (Å²) < 4.78 is 6.44. The molecule has 4 N–H and O–H groups in total. The lowest BCUT2D eigenvalue weighted by Gasteiger charge is -2.17. The van der Waals surface area contributed by atoms with Gasteiger partial charge >= 0.3 is 5.69 Å². The number of nitrogen functional groups attached to an aromatic ring is 1. The van der Waals surface area contributed by atoms with Crippen molar-refractivity contribution >= 4 is 11.9 Å². The molecule has 0 aromatic carbocycles. The summed E-state index contributed by atoms with van der Waals surface area (Å²) in [5.41, 5.74) is 5.35. The molecule has 98 valence electrons. The van der Waals surface area contributed by atoms with Gasteiger partial charge < -0.3 is 20.7 Å². The largest absolute Gasteiger partial charge is 0.388 e. The zero-order valence-corrected chi connectivity index (χ0v) is 9.85. The first-order chi connectivity index (χ1) is 8.45. The Morgan fingerprint density at radius 3 is 2.72 bits per heavy atom. The van der Waals surface area contributed by atoms with Gasteiger partial charge in [-0.3, -0.25) is 4.57 Å². The SMILES string of the molecule is C=Cc1cn([C@@H]2O[C@H](C)[C@@H](O)[C@H]2O)c(=O)nc1N. The van der Waals surface area contributed by atoms with Crippen molar-refractivity contribution in [1.29, 1.82) is 0 Å². The second-order valence-corrected chi connectivity index (χ2v) is 4.19. The Balaban J connectivity index is 2.46. The topological polar surface area (TPSA) is 111 Å². The van der Waals surface area contributed by atoms with Crippen molar-refractivity contribution in [1.82, 2.24) is 9.55 Å². The maximum Gasteiger partial charge on any atom is 0.351 e. The third-order valence-corrected chi connectivity index (χ3v) is 2.98. The highest BCUT2D eigenvalue weighted by molar-refractivity contribution is 5.57. The van der Waals surface area contributed by atoms with Crippen LogP contribution in [0.3, 0.4) is 0 Å². The van der Waals surface area contributed by atoms with E-state index in [9.17, 15) is 15.0 Å². The van der Waals surface area contributed by atoms with Crippen LogP contribution >= 0.6 is 0 Å². The Labute approximate surface area is 103 Å². The van der Waals surface area contributed by atoms with Gasteiger partial charge in [0.05, 0.1) is 6.10 Å². The Hall–Kier alpha value is -1.70. The molecule has 4 atom stereocenters. The van der Waals surface area contributed by atoms with Crippen molar-refractivity contribution in [3.63, 3.8) is 0 Å². The van der Waals surface area contributed by atoms with Crippen molar-refractivity contribution in [3.8, 4) is 0 Å². The van der Waals surface area contributed by atoms with Crippen LogP contribution < -0.4 is 11.4 Å². The first kappa shape index (κ1) is 12.7. The lowest BCUT2D eigenvalue weighted by Crippen LogP contribution is -2.35. The normalized spacial score (nSPS) is 31.5. The summed E-state index contributed by atoms with van der Waals surface area (Å²) >= 11 is 0. The number of aliphatic hydroxyl groups is 2. The van der Waals surface area contributed by atoms with Gasteiger partial charge in [-0.2, -0.15) is 4.98 Å². The Morgan fingerprint density at radius 1 is 1.56 bits per heavy atom. The molecule has 1 aromatic rings. The van der Waals surface area contributed by atoms with Gasteiger partial charge in [0.15, 0.2) is 6.23 Å². The summed E-state index contributed by atoms with van der Waals surface area (Å²) in [7, 11) is 0. The summed E-state index contributed by atoms with van der Waals surface area (Å²) in [4.78, 5) is 15.3. The van der Waals surface area contributed by atoms with Crippen LogP contribution in [-0.4, -0.2) is 38.1 Å². The summed E-state index contributed by atoms with van der Waals surface area (Å²) in [5, 5.41) is 19.4. The highest BCUT2D eigenvalue weighted by atomic mass is 16.6. The average Bonchev–Trinajstić information content (AvgIpc) is 2.57. The van der Waals surface area contributed by atoms with Crippen LogP contribution in [0.25, 0.3) is 6.08 Å². The number of ether oxygens (including phenoxy) is 1. The van der Waals surface area contributed by atoms with Gasteiger partial charge in [0.1, 0.15) is 18.0 Å². The third-order valence-electron chi connectivity index (χ3n) is 2.98. The molecule has 0 aliphatic carbocycles. The minimum absolute atomic E-state index is 0.0623. The molecule has 1 aliphatic rings. The zero-order valence-electron chi connectivity index (χ0n) is 9.85. The number of aliphatic hydroxyl groups excluding tert-OH is 2. The maximum absolute atomic E-state index is 11.7. The lowest BCUT2D eigenvalue weighted by molar-refractivity contribution is -0.0350. The molecule has 7 heteroatoms. The molecule has 0 radical (unpaired) electrons. The molecule has 0 saturated carbocycles. The molecule has 1 aliphatic heterocycles. The first-order valence-electron chi connectivity index (χ1n) is 5.48. The molecule has 0 unspecified atom stereocenters. The number of rotatable bonds is 2. The first-order valence-corrected chi connectivity index (χ1v) is 5.48. The predicted molar refractivity (Wildman–Crippen MR) is 64.6 cm³/mol. The van der Waals surface area contributed by atoms with Crippen LogP contribution in [0.1, 0.15) is 18.7 Å². The van der Waals surface area contributed by atoms with E-state index in [1.807, 2.05) is 0 Å². The second-order valence-electron chi connectivity index (χ2n) is 4.19. The molecule has 0 amide bonds. The molecule has 0 spiro atoms. The fourth-order valence-electron chi connectivity index (χ4n) is 1.89. The molecule has 1 fully saturated rings. The van der Waals surface area contributed by atoms with Crippen LogP contribution in [0.4, 0.5) is 5.82 Å². The molecular formula is C11H15N3O4. The van der Waals surface area contributed by atoms with Gasteiger partial charge in [0, 0.05) is 11.8 Å². The molecule has 2 heterocycles. The summed E-state index contributed by atoms with van der Waals surface area (Å²) in [5.74, 6) is 0.0623. The summed E-state index contributed by atoms with van der Waals surface area (Å²) in [6, 6.07) is 0. The van der Waals surface area contributed by atoms with Gasteiger partial charge in [-0.05, 0) is 6.92 Å². The van der Waals surface area contributed by atoms with E-state index in [-0.39, 0.29) is 5.82 Å². The van der Waals surface area contributed by atoms with Crippen molar-refractivity contribution in [2.24, 2.45) is 0 Å². The smallest absolute Gasteiger partial charge is 0.351 e. The second kappa shape index (κ2) is 4.52. The summed E-state index contributed by atoms with van der Waals surface area (Å²) in [6.07, 6.45) is -0.946. The van der Waals surface area contributed by atoms with E-state index in [2.05, 4.69) is 11.6 Å². The van der Waals surface area contributed by atoms with E-state index in [0.29, 0.717) is 5.56 Å². The van der Waals surface area contributed by atoms with Crippen molar-refractivity contribution in [2.75, 3.05) is 5.73 Å². The molecular weight excluding hydrogens is 238 g/mol. The number of hydrogen-bond acceptors (Lipinski definition) is 6. The summed E-state index contributed by atoms with van der Waals surface area (Å²) in [6.45, 7) is 5.16.